The first kappa shape index (κ1) is 18.6. The van der Waals surface area contributed by atoms with Crippen LogP contribution in [-0.4, -0.2) is 64.4 Å². The van der Waals surface area contributed by atoms with E-state index >= 15 is 0 Å². The van der Waals surface area contributed by atoms with E-state index in [2.05, 4.69) is 75.4 Å². The van der Waals surface area contributed by atoms with Gasteiger partial charge in [-0.25, -0.2) is 9.97 Å². The lowest BCUT2D eigenvalue weighted by Gasteiger charge is -2.39. The Balaban J connectivity index is 1.35. The lowest BCUT2D eigenvalue weighted by molar-refractivity contribution is 0.117. The van der Waals surface area contributed by atoms with Gasteiger partial charge in [0.05, 0.1) is 23.4 Å². The molecular weight excluding hydrogens is 364 g/mol. The van der Waals surface area contributed by atoms with Crippen molar-refractivity contribution in [3.8, 4) is 0 Å². The summed E-state index contributed by atoms with van der Waals surface area (Å²) in [5.41, 5.74) is 5.12. The van der Waals surface area contributed by atoms with E-state index in [0.29, 0.717) is 6.04 Å². The van der Waals surface area contributed by atoms with Gasteiger partial charge in [-0.3, -0.25) is 4.90 Å². The zero-order chi connectivity index (χ0) is 20.0. The van der Waals surface area contributed by atoms with Crippen LogP contribution in [0.5, 0.6) is 0 Å². The summed E-state index contributed by atoms with van der Waals surface area (Å²) < 4.78 is 6.18. The molecule has 2 aliphatic heterocycles. The van der Waals surface area contributed by atoms with E-state index in [-0.39, 0.29) is 17.6 Å². The second kappa shape index (κ2) is 7.13. The number of hydrogen-bond acceptors (Lipinski definition) is 7. The minimum Gasteiger partial charge on any atom is -0.488 e. The summed E-state index contributed by atoms with van der Waals surface area (Å²) in [6.07, 6.45) is 10.3. The van der Waals surface area contributed by atoms with Crippen molar-refractivity contribution in [2.45, 2.75) is 51.3 Å². The summed E-state index contributed by atoms with van der Waals surface area (Å²) >= 11 is 0. The molecular formula is C22H30N6O. The number of hydrazone groups is 1. The molecule has 2 unspecified atom stereocenters. The van der Waals surface area contributed by atoms with Crippen LogP contribution < -0.4 is 10.3 Å². The fourth-order valence-corrected chi connectivity index (χ4v) is 4.44. The van der Waals surface area contributed by atoms with Gasteiger partial charge in [-0.15, -0.1) is 0 Å². The Hall–Kier alpha value is -2.41. The highest BCUT2D eigenvalue weighted by atomic mass is 16.5. The van der Waals surface area contributed by atoms with Crippen molar-refractivity contribution in [1.82, 2.24) is 20.3 Å². The highest BCUT2D eigenvalue weighted by molar-refractivity contribution is 6.04. The predicted octanol–water partition coefficient (Wildman–Crippen LogP) is 2.32. The second-order valence-corrected chi connectivity index (χ2v) is 8.84. The van der Waals surface area contributed by atoms with Crippen LogP contribution in [-0.2, 0) is 4.74 Å². The molecule has 29 heavy (non-hydrogen) atoms. The lowest BCUT2D eigenvalue weighted by Crippen LogP contribution is -2.52. The number of nitrogens with zero attached hydrogens (tertiary/aromatic N) is 5. The average molecular weight is 395 g/mol. The Bertz CT molecular complexity index is 874. The van der Waals surface area contributed by atoms with Gasteiger partial charge in [0.2, 0.25) is 0 Å². The molecule has 0 spiro atoms. The number of rotatable bonds is 5. The van der Waals surface area contributed by atoms with E-state index in [9.17, 15) is 0 Å². The molecule has 2 aliphatic carbocycles. The molecule has 4 aliphatic rings. The van der Waals surface area contributed by atoms with Crippen molar-refractivity contribution in [2.24, 2.45) is 11.0 Å². The van der Waals surface area contributed by atoms with E-state index in [0.717, 1.165) is 62.0 Å². The van der Waals surface area contributed by atoms with Crippen molar-refractivity contribution in [3.63, 3.8) is 0 Å². The summed E-state index contributed by atoms with van der Waals surface area (Å²) in [6.45, 7) is 10.8. The van der Waals surface area contributed by atoms with Gasteiger partial charge in [0.1, 0.15) is 23.5 Å². The maximum absolute atomic E-state index is 6.18. The molecule has 3 atom stereocenters. The van der Waals surface area contributed by atoms with Crippen molar-refractivity contribution in [1.29, 1.82) is 0 Å². The molecule has 7 nitrogen and oxygen atoms in total. The van der Waals surface area contributed by atoms with Crippen molar-refractivity contribution in [2.75, 3.05) is 31.1 Å². The van der Waals surface area contributed by atoms with Crippen LogP contribution >= 0.6 is 0 Å². The molecule has 2 fully saturated rings. The average Bonchev–Trinajstić information content (AvgIpc) is 3.30. The van der Waals surface area contributed by atoms with Crippen LogP contribution in [0.4, 0.5) is 5.82 Å². The van der Waals surface area contributed by atoms with Crippen molar-refractivity contribution >= 4 is 11.5 Å². The third-order valence-electron chi connectivity index (χ3n) is 6.58. The Morgan fingerprint density at radius 3 is 2.90 bits per heavy atom. The summed E-state index contributed by atoms with van der Waals surface area (Å²) in [5, 5.41) is 4.62. The Kier molecular flexibility index (Phi) is 4.57. The van der Waals surface area contributed by atoms with Gasteiger partial charge in [0.25, 0.3) is 0 Å². The molecule has 0 bridgehead atoms. The predicted molar refractivity (Wildman–Crippen MR) is 114 cm³/mol. The van der Waals surface area contributed by atoms with Crippen LogP contribution in [0.2, 0.25) is 0 Å². The molecule has 1 N–H and O–H groups in total. The first-order chi connectivity index (χ1) is 14.0. The molecule has 0 amide bonds. The van der Waals surface area contributed by atoms with Gasteiger partial charge in [-0.05, 0) is 45.4 Å². The molecule has 7 heteroatoms. The molecule has 0 aromatic carbocycles. The van der Waals surface area contributed by atoms with E-state index in [1.807, 2.05) is 0 Å². The fraction of sp³-hybridized carbons (Fsp3) is 0.591. The van der Waals surface area contributed by atoms with Crippen molar-refractivity contribution < 1.29 is 4.74 Å². The number of aromatic nitrogens is 2. The highest BCUT2D eigenvalue weighted by Crippen LogP contribution is 2.41. The number of ether oxygens (including phenoxy) is 1. The Morgan fingerprint density at radius 2 is 2.14 bits per heavy atom. The standard InChI is InChI=1S/C22H30N6O/c1-4-27-9-10-28(13-15(27)2)20-12-19(23-14-24-20)21-17-11-16(29-22(3)7-8-22)5-6-18(17)25-26-21/h5-6,11-12,14-15,17-18,25H,4,7-10,13H2,1-3H3/t15-,17?,18?/m0/s1. The Morgan fingerprint density at radius 1 is 1.28 bits per heavy atom. The number of piperazine rings is 1. The van der Waals surface area contributed by atoms with Crippen LogP contribution in [0.3, 0.4) is 0 Å². The number of fused-ring (bicyclic) bond motifs is 1. The molecule has 0 radical (unpaired) electrons. The van der Waals surface area contributed by atoms with Crippen LogP contribution in [0.15, 0.2) is 41.5 Å². The first-order valence-electron chi connectivity index (χ1n) is 10.8. The van der Waals surface area contributed by atoms with E-state index in [1.165, 1.54) is 0 Å². The molecule has 1 saturated carbocycles. The highest BCUT2D eigenvalue weighted by Gasteiger charge is 2.41. The maximum Gasteiger partial charge on any atom is 0.132 e. The third-order valence-corrected chi connectivity index (χ3v) is 6.58. The zero-order valence-electron chi connectivity index (χ0n) is 17.5. The van der Waals surface area contributed by atoms with Gasteiger partial charge >= 0.3 is 0 Å². The molecule has 5 rings (SSSR count). The number of hydrogen-bond donors (Lipinski definition) is 1. The Labute approximate surface area is 172 Å². The van der Waals surface area contributed by atoms with E-state index < -0.39 is 0 Å². The number of nitrogens with one attached hydrogen (secondary N) is 1. The molecule has 1 saturated heterocycles. The van der Waals surface area contributed by atoms with Gasteiger partial charge in [-0.2, -0.15) is 5.10 Å². The maximum atomic E-state index is 6.18. The summed E-state index contributed by atoms with van der Waals surface area (Å²) in [7, 11) is 0. The minimum atomic E-state index is 0.0196. The van der Waals surface area contributed by atoms with Crippen LogP contribution in [0, 0.1) is 5.92 Å². The zero-order valence-corrected chi connectivity index (χ0v) is 17.5. The number of anilines is 1. The molecule has 154 valence electrons. The summed E-state index contributed by atoms with van der Waals surface area (Å²) in [4.78, 5) is 14.0. The normalized spacial score (nSPS) is 30.3. The van der Waals surface area contributed by atoms with Gasteiger partial charge in [-0.1, -0.05) is 13.0 Å². The van der Waals surface area contributed by atoms with Gasteiger partial charge in [0, 0.05) is 31.7 Å². The monoisotopic (exact) mass is 394 g/mol. The molecule has 3 heterocycles. The van der Waals surface area contributed by atoms with Crippen LogP contribution in [0.1, 0.15) is 39.3 Å². The lowest BCUT2D eigenvalue weighted by atomic mass is 9.90. The van der Waals surface area contributed by atoms with Gasteiger partial charge in [0.15, 0.2) is 0 Å². The number of likely N-dealkylation sites (N-methyl/N-ethyl adjacent to an activating group) is 1. The summed E-state index contributed by atoms with van der Waals surface area (Å²) in [6, 6.07) is 2.78. The first-order valence-corrected chi connectivity index (χ1v) is 10.8. The topological polar surface area (TPSA) is 65.9 Å². The second-order valence-electron chi connectivity index (χ2n) is 8.84. The summed E-state index contributed by atoms with van der Waals surface area (Å²) in [5.74, 6) is 2.07. The fourth-order valence-electron chi connectivity index (χ4n) is 4.44. The molecule has 1 aromatic rings. The number of allylic oxidation sites excluding steroid dienone is 1. The minimum absolute atomic E-state index is 0.0196. The van der Waals surface area contributed by atoms with Crippen LogP contribution in [0.25, 0.3) is 0 Å². The van der Waals surface area contributed by atoms with E-state index in [1.54, 1.807) is 6.33 Å². The van der Waals surface area contributed by atoms with E-state index in [4.69, 9.17) is 4.74 Å². The third kappa shape index (κ3) is 3.64. The smallest absolute Gasteiger partial charge is 0.132 e. The largest absolute Gasteiger partial charge is 0.488 e. The SMILES string of the molecule is CCN1CCN(c2cc(C3=NNC4C=CC(OC5(C)CC5)=CC34)ncn2)C[C@@H]1C. The quantitative estimate of drug-likeness (QED) is 0.827. The molecule has 1 aromatic heterocycles. The van der Waals surface area contributed by atoms with Crippen molar-refractivity contribution in [3.05, 3.63) is 42.1 Å². The van der Waals surface area contributed by atoms with Gasteiger partial charge < -0.3 is 15.1 Å².